The molecule has 0 amide bonds. The SMILES string of the molecule is Cc1cc(Br)ccc1CN(C)C(C)CN. The molecular weight excluding hydrogens is 252 g/mol. The van der Waals surface area contributed by atoms with E-state index >= 15 is 0 Å². The second-order valence-electron chi connectivity index (χ2n) is 4.07. The molecule has 0 saturated carbocycles. The van der Waals surface area contributed by atoms with E-state index in [0.717, 1.165) is 11.0 Å². The molecule has 1 rings (SSSR count). The van der Waals surface area contributed by atoms with Crippen LogP contribution in [0.15, 0.2) is 22.7 Å². The van der Waals surface area contributed by atoms with Crippen LogP contribution in [-0.4, -0.2) is 24.5 Å². The lowest BCUT2D eigenvalue weighted by Crippen LogP contribution is -2.34. The van der Waals surface area contributed by atoms with Crippen LogP contribution in [0.25, 0.3) is 0 Å². The number of aryl methyl sites for hydroxylation is 1. The highest BCUT2D eigenvalue weighted by Gasteiger charge is 2.08. The third-order valence-corrected chi connectivity index (χ3v) is 3.31. The van der Waals surface area contributed by atoms with Crippen molar-refractivity contribution >= 4 is 15.9 Å². The maximum Gasteiger partial charge on any atom is 0.0236 e. The van der Waals surface area contributed by atoms with Crippen molar-refractivity contribution in [1.82, 2.24) is 4.90 Å². The fourth-order valence-electron chi connectivity index (χ4n) is 1.44. The Hall–Kier alpha value is -0.380. The predicted molar refractivity (Wildman–Crippen MR) is 68.9 cm³/mol. The zero-order valence-corrected chi connectivity index (χ0v) is 11.2. The van der Waals surface area contributed by atoms with E-state index in [4.69, 9.17) is 5.73 Å². The second kappa shape index (κ2) is 5.64. The van der Waals surface area contributed by atoms with Gasteiger partial charge >= 0.3 is 0 Å². The summed E-state index contributed by atoms with van der Waals surface area (Å²) < 4.78 is 1.14. The minimum Gasteiger partial charge on any atom is -0.329 e. The largest absolute Gasteiger partial charge is 0.329 e. The summed E-state index contributed by atoms with van der Waals surface area (Å²) in [4.78, 5) is 2.27. The van der Waals surface area contributed by atoms with Crippen molar-refractivity contribution < 1.29 is 0 Å². The van der Waals surface area contributed by atoms with Gasteiger partial charge in [0, 0.05) is 23.6 Å². The number of likely N-dealkylation sites (N-methyl/N-ethyl adjacent to an activating group) is 1. The summed E-state index contributed by atoms with van der Waals surface area (Å²) in [7, 11) is 2.11. The van der Waals surface area contributed by atoms with Crippen molar-refractivity contribution in [3.8, 4) is 0 Å². The molecule has 15 heavy (non-hydrogen) atoms. The fraction of sp³-hybridized carbons (Fsp3) is 0.500. The lowest BCUT2D eigenvalue weighted by atomic mass is 10.1. The van der Waals surface area contributed by atoms with Gasteiger partial charge in [-0.2, -0.15) is 0 Å². The third kappa shape index (κ3) is 3.59. The van der Waals surface area contributed by atoms with Gasteiger partial charge in [0.15, 0.2) is 0 Å². The first kappa shape index (κ1) is 12.7. The highest BCUT2D eigenvalue weighted by Crippen LogP contribution is 2.17. The Morgan fingerprint density at radius 2 is 2.13 bits per heavy atom. The number of benzene rings is 1. The Morgan fingerprint density at radius 3 is 2.67 bits per heavy atom. The summed E-state index contributed by atoms with van der Waals surface area (Å²) in [5.41, 5.74) is 8.32. The van der Waals surface area contributed by atoms with Gasteiger partial charge in [-0.1, -0.05) is 22.0 Å². The molecule has 0 saturated heterocycles. The summed E-state index contributed by atoms with van der Waals surface area (Å²) in [5.74, 6) is 0. The van der Waals surface area contributed by atoms with Gasteiger partial charge in [0.05, 0.1) is 0 Å². The van der Waals surface area contributed by atoms with Crippen LogP contribution in [0.3, 0.4) is 0 Å². The summed E-state index contributed by atoms with van der Waals surface area (Å²) >= 11 is 3.47. The van der Waals surface area contributed by atoms with Crippen LogP contribution in [0.5, 0.6) is 0 Å². The van der Waals surface area contributed by atoms with E-state index in [-0.39, 0.29) is 0 Å². The molecular formula is C12H19BrN2. The number of halogens is 1. The number of nitrogens with two attached hydrogens (primary N) is 1. The summed E-state index contributed by atoms with van der Waals surface area (Å²) in [6.45, 7) is 5.94. The fourth-order valence-corrected chi connectivity index (χ4v) is 1.92. The molecule has 0 aromatic heterocycles. The smallest absolute Gasteiger partial charge is 0.0236 e. The molecule has 1 aromatic rings. The number of hydrogen-bond acceptors (Lipinski definition) is 2. The summed E-state index contributed by atoms with van der Waals surface area (Å²) in [6.07, 6.45) is 0. The molecule has 0 spiro atoms. The van der Waals surface area contributed by atoms with E-state index in [9.17, 15) is 0 Å². The zero-order valence-electron chi connectivity index (χ0n) is 9.63. The van der Waals surface area contributed by atoms with Crippen LogP contribution in [0.1, 0.15) is 18.1 Å². The Bertz CT molecular complexity index is 325. The minimum atomic E-state index is 0.424. The van der Waals surface area contributed by atoms with Crippen LogP contribution in [0.4, 0.5) is 0 Å². The van der Waals surface area contributed by atoms with E-state index in [1.165, 1.54) is 11.1 Å². The average molecular weight is 271 g/mol. The van der Waals surface area contributed by atoms with Gasteiger partial charge in [0.1, 0.15) is 0 Å². The van der Waals surface area contributed by atoms with Crippen LogP contribution in [0.2, 0.25) is 0 Å². The molecule has 0 heterocycles. The van der Waals surface area contributed by atoms with Gasteiger partial charge in [0.25, 0.3) is 0 Å². The van der Waals surface area contributed by atoms with Crippen molar-refractivity contribution in [3.63, 3.8) is 0 Å². The molecule has 2 nitrogen and oxygen atoms in total. The Morgan fingerprint density at radius 1 is 1.47 bits per heavy atom. The molecule has 3 heteroatoms. The number of rotatable bonds is 4. The van der Waals surface area contributed by atoms with Gasteiger partial charge in [0.2, 0.25) is 0 Å². The lowest BCUT2D eigenvalue weighted by Gasteiger charge is -2.24. The predicted octanol–water partition coefficient (Wildman–Crippen LogP) is 2.54. The molecule has 0 bridgehead atoms. The van der Waals surface area contributed by atoms with E-state index in [1.54, 1.807) is 0 Å². The van der Waals surface area contributed by atoms with Crippen LogP contribution < -0.4 is 5.73 Å². The van der Waals surface area contributed by atoms with Crippen molar-refractivity contribution in [3.05, 3.63) is 33.8 Å². The van der Waals surface area contributed by atoms with E-state index < -0.39 is 0 Å². The highest BCUT2D eigenvalue weighted by molar-refractivity contribution is 9.10. The first-order chi connectivity index (χ1) is 7.04. The van der Waals surface area contributed by atoms with Crippen molar-refractivity contribution in [1.29, 1.82) is 0 Å². The maximum absolute atomic E-state index is 5.64. The molecule has 0 aliphatic rings. The van der Waals surface area contributed by atoms with Crippen LogP contribution in [-0.2, 0) is 6.54 Å². The second-order valence-corrected chi connectivity index (χ2v) is 4.99. The molecule has 0 fully saturated rings. The third-order valence-electron chi connectivity index (χ3n) is 2.82. The quantitative estimate of drug-likeness (QED) is 0.911. The van der Waals surface area contributed by atoms with Gasteiger partial charge in [-0.3, -0.25) is 4.90 Å². The van der Waals surface area contributed by atoms with Crippen molar-refractivity contribution in [2.45, 2.75) is 26.4 Å². The van der Waals surface area contributed by atoms with Crippen molar-refractivity contribution in [2.75, 3.05) is 13.6 Å². The molecule has 2 N–H and O–H groups in total. The topological polar surface area (TPSA) is 29.3 Å². The average Bonchev–Trinajstić information content (AvgIpc) is 2.20. The molecule has 0 aliphatic heterocycles. The number of nitrogens with zero attached hydrogens (tertiary/aromatic N) is 1. The minimum absolute atomic E-state index is 0.424. The van der Waals surface area contributed by atoms with E-state index in [2.05, 4.69) is 59.9 Å². The lowest BCUT2D eigenvalue weighted by molar-refractivity contribution is 0.254. The standard InChI is InChI=1S/C12H19BrN2/c1-9-6-12(13)5-4-11(9)8-15(3)10(2)7-14/h4-6,10H,7-8,14H2,1-3H3. The molecule has 1 atom stereocenters. The molecule has 1 unspecified atom stereocenters. The van der Waals surface area contributed by atoms with E-state index in [0.29, 0.717) is 12.6 Å². The summed E-state index contributed by atoms with van der Waals surface area (Å²) in [6, 6.07) is 6.83. The van der Waals surface area contributed by atoms with Crippen LogP contribution in [0, 0.1) is 6.92 Å². The molecule has 84 valence electrons. The van der Waals surface area contributed by atoms with Gasteiger partial charge in [-0.15, -0.1) is 0 Å². The monoisotopic (exact) mass is 270 g/mol. The first-order valence-electron chi connectivity index (χ1n) is 5.20. The van der Waals surface area contributed by atoms with Gasteiger partial charge < -0.3 is 5.73 Å². The molecule has 0 radical (unpaired) electrons. The highest BCUT2D eigenvalue weighted by atomic mass is 79.9. The van der Waals surface area contributed by atoms with Gasteiger partial charge in [-0.05, 0) is 44.2 Å². The number of hydrogen-bond donors (Lipinski definition) is 1. The van der Waals surface area contributed by atoms with Gasteiger partial charge in [-0.25, -0.2) is 0 Å². The summed E-state index contributed by atoms with van der Waals surface area (Å²) in [5, 5.41) is 0. The maximum atomic E-state index is 5.64. The van der Waals surface area contributed by atoms with Crippen molar-refractivity contribution in [2.24, 2.45) is 5.73 Å². The normalized spacial score (nSPS) is 13.2. The van der Waals surface area contributed by atoms with Crippen LogP contribution >= 0.6 is 15.9 Å². The molecule has 1 aromatic carbocycles. The molecule has 0 aliphatic carbocycles. The Kier molecular flexibility index (Phi) is 4.77. The Balaban J connectivity index is 2.72. The first-order valence-corrected chi connectivity index (χ1v) is 5.99. The Labute approximate surface area is 101 Å². The van der Waals surface area contributed by atoms with E-state index in [1.807, 2.05) is 0 Å². The zero-order chi connectivity index (χ0) is 11.4.